The number of thiophene rings is 2. The predicted molar refractivity (Wildman–Crippen MR) is 313 cm³/mol. The summed E-state index contributed by atoms with van der Waals surface area (Å²) in [5, 5.41) is 5.30. The molecule has 2 heterocycles. The molecule has 0 atom stereocenters. The monoisotopic (exact) mass is 965 g/mol. The lowest BCUT2D eigenvalue weighted by atomic mass is 9.68. The van der Waals surface area contributed by atoms with Crippen LogP contribution in [0.3, 0.4) is 0 Å². The first-order valence-electron chi connectivity index (χ1n) is 25.3. The topological polar surface area (TPSA) is 3.24 Å². The molecule has 0 amide bonds. The summed E-state index contributed by atoms with van der Waals surface area (Å²) >= 11 is 3.77. The zero-order valence-corrected chi connectivity index (χ0v) is 42.1. The number of hydrogen-bond acceptors (Lipinski definition) is 3. The van der Waals surface area contributed by atoms with Gasteiger partial charge in [-0.1, -0.05) is 196 Å². The van der Waals surface area contributed by atoms with Crippen LogP contribution in [0.2, 0.25) is 0 Å². The molecule has 73 heavy (non-hydrogen) atoms. The number of nitrogens with zero attached hydrogens (tertiary/aromatic N) is 1. The molecule has 0 bridgehead atoms. The Hall–Kier alpha value is -8.34. The van der Waals surface area contributed by atoms with Crippen molar-refractivity contribution in [3.8, 4) is 44.5 Å². The molecule has 11 aromatic carbocycles. The summed E-state index contributed by atoms with van der Waals surface area (Å²) in [6.45, 7) is 4.83. The number of hydrogen-bond donors (Lipinski definition) is 0. The van der Waals surface area contributed by atoms with E-state index in [0.29, 0.717) is 0 Å². The highest BCUT2D eigenvalue weighted by atomic mass is 32.1. The fourth-order valence-corrected chi connectivity index (χ4v) is 15.1. The molecular formula is C70H47NS2. The Balaban J connectivity index is 0.886. The molecule has 13 aromatic rings. The van der Waals surface area contributed by atoms with E-state index in [1.807, 2.05) is 22.7 Å². The van der Waals surface area contributed by atoms with E-state index < -0.39 is 5.41 Å². The summed E-state index contributed by atoms with van der Waals surface area (Å²) in [6.07, 6.45) is 0. The van der Waals surface area contributed by atoms with Crippen molar-refractivity contribution >= 4 is 80.1 Å². The van der Waals surface area contributed by atoms with Gasteiger partial charge in [-0.05, 0) is 145 Å². The molecule has 0 radical (unpaired) electrons. The minimum Gasteiger partial charge on any atom is -0.310 e. The number of benzene rings is 11. The van der Waals surface area contributed by atoms with Gasteiger partial charge in [0.2, 0.25) is 0 Å². The molecular weight excluding hydrogens is 919 g/mol. The quantitative estimate of drug-likeness (QED) is 0.154. The van der Waals surface area contributed by atoms with E-state index in [2.05, 4.69) is 267 Å². The van der Waals surface area contributed by atoms with E-state index in [-0.39, 0.29) is 5.41 Å². The number of rotatable bonds is 7. The first-order valence-corrected chi connectivity index (χ1v) is 26.9. The smallest absolute Gasteiger partial charge is 0.0713 e. The second kappa shape index (κ2) is 16.1. The molecule has 3 heteroatoms. The third kappa shape index (κ3) is 6.26. The van der Waals surface area contributed by atoms with Crippen LogP contribution in [0.15, 0.2) is 249 Å². The molecule has 0 spiro atoms. The normalized spacial score (nSPS) is 13.8. The van der Waals surface area contributed by atoms with Gasteiger partial charge in [0, 0.05) is 62.8 Å². The minimum absolute atomic E-state index is 0.243. The summed E-state index contributed by atoms with van der Waals surface area (Å²) in [6, 6.07) is 93.5. The van der Waals surface area contributed by atoms with Crippen LogP contribution in [0, 0.1) is 0 Å². The van der Waals surface area contributed by atoms with Crippen molar-refractivity contribution in [3.63, 3.8) is 0 Å². The Bertz CT molecular complexity index is 4310. The van der Waals surface area contributed by atoms with Crippen molar-refractivity contribution in [2.75, 3.05) is 4.90 Å². The van der Waals surface area contributed by atoms with Crippen LogP contribution in [-0.2, 0) is 10.8 Å². The molecule has 0 N–H and O–H groups in total. The molecule has 0 saturated carbocycles. The summed E-state index contributed by atoms with van der Waals surface area (Å²) in [5.74, 6) is 0. The first kappa shape index (κ1) is 42.4. The molecule has 15 rings (SSSR count). The molecule has 344 valence electrons. The van der Waals surface area contributed by atoms with Crippen LogP contribution in [-0.4, -0.2) is 0 Å². The lowest BCUT2D eigenvalue weighted by Crippen LogP contribution is -2.28. The van der Waals surface area contributed by atoms with Crippen molar-refractivity contribution in [2.24, 2.45) is 0 Å². The van der Waals surface area contributed by atoms with Crippen molar-refractivity contribution in [2.45, 2.75) is 24.7 Å². The maximum absolute atomic E-state index is 2.49. The maximum Gasteiger partial charge on any atom is 0.0713 e. The van der Waals surface area contributed by atoms with Crippen LogP contribution in [0.1, 0.15) is 47.2 Å². The second-order valence-electron chi connectivity index (χ2n) is 20.3. The van der Waals surface area contributed by atoms with Gasteiger partial charge in [-0.25, -0.2) is 0 Å². The largest absolute Gasteiger partial charge is 0.310 e. The lowest BCUT2D eigenvalue weighted by Gasteiger charge is -2.34. The van der Waals surface area contributed by atoms with E-state index >= 15 is 0 Å². The zero-order valence-electron chi connectivity index (χ0n) is 40.4. The van der Waals surface area contributed by atoms with E-state index in [1.165, 1.54) is 118 Å². The minimum atomic E-state index is -0.473. The molecule has 0 fully saturated rings. The molecule has 2 aliphatic rings. The Morgan fingerprint density at radius 1 is 0.301 bits per heavy atom. The molecule has 0 saturated heterocycles. The maximum atomic E-state index is 2.49. The van der Waals surface area contributed by atoms with Crippen LogP contribution in [0.5, 0.6) is 0 Å². The average molecular weight is 966 g/mol. The number of fused-ring (bicyclic) bond motifs is 12. The van der Waals surface area contributed by atoms with Crippen molar-refractivity contribution in [3.05, 3.63) is 282 Å². The van der Waals surface area contributed by atoms with Gasteiger partial charge in [0.05, 0.1) is 5.41 Å². The summed E-state index contributed by atoms with van der Waals surface area (Å²) in [5.41, 5.74) is 20.7. The van der Waals surface area contributed by atoms with Gasteiger partial charge >= 0.3 is 0 Å². The number of anilines is 3. The van der Waals surface area contributed by atoms with Crippen molar-refractivity contribution in [1.82, 2.24) is 0 Å². The fraction of sp³-hybridized carbons (Fsp3) is 0.0571. The highest BCUT2D eigenvalue weighted by Gasteiger charge is 2.46. The second-order valence-corrected chi connectivity index (χ2v) is 22.5. The third-order valence-corrected chi connectivity index (χ3v) is 18.5. The summed E-state index contributed by atoms with van der Waals surface area (Å²) in [7, 11) is 0. The fourth-order valence-electron chi connectivity index (χ4n) is 12.7. The Labute approximate surface area is 433 Å². The molecule has 0 unspecified atom stereocenters. The van der Waals surface area contributed by atoms with Gasteiger partial charge < -0.3 is 4.90 Å². The Kier molecular flexibility index (Phi) is 9.33. The molecule has 1 nitrogen and oxygen atoms in total. The highest BCUT2D eigenvalue weighted by Crippen LogP contribution is 2.58. The first-order chi connectivity index (χ1) is 35.9. The summed E-state index contributed by atoms with van der Waals surface area (Å²) in [4.78, 5) is 2.49. The summed E-state index contributed by atoms with van der Waals surface area (Å²) < 4.78 is 5.33. The van der Waals surface area contributed by atoms with Gasteiger partial charge in [0.25, 0.3) is 0 Å². The van der Waals surface area contributed by atoms with E-state index in [9.17, 15) is 0 Å². The van der Waals surface area contributed by atoms with E-state index in [1.54, 1.807) is 0 Å². The van der Waals surface area contributed by atoms with Crippen LogP contribution in [0.4, 0.5) is 17.1 Å². The van der Waals surface area contributed by atoms with Gasteiger partial charge in [-0.3, -0.25) is 0 Å². The standard InChI is InChI=1S/C70H47NS2/c1-69(2)63-41-46(52-23-15-24-58-56-21-10-14-27-66(56)73-68(52)58)30-36-54(63)55-37-34-51(43-64(55)69)71(49-32-28-44(29-33-49)45-31-39-67-60(40-45)57-22-11-13-26-65(57)72-67)50-35-38-62-59(42-50)53-20-9-12-25-61(53)70(62,47-16-5-3-6-17-47)48-18-7-4-8-19-48/h3-43H,1-2H3. The molecule has 2 aromatic heterocycles. The third-order valence-electron chi connectivity index (χ3n) is 16.2. The van der Waals surface area contributed by atoms with Crippen molar-refractivity contribution < 1.29 is 0 Å². The van der Waals surface area contributed by atoms with Gasteiger partial charge in [-0.2, -0.15) is 0 Å². The molecule has 2 aliphatic carbocycles. The van der Waals surface area contributed by atoms with E-state index in [0.717, 1.165) is 17.1 Å². The van der Waals surface area contributed by atoms with Gasteiger partial charge in [0.15, 0.2) is 0 Å². The molecule has 0 aliphatic heterocycles. The Morgan fingerprint density at radius 3 is 1.59 bits per heavy atom. The van der Waals surface area contributed by atoms with Crippen LogP contribution < -0.4 is 4.90 Å². The highest BCUT2D eigenvalue weighted by molar-refractivity contribution is 7.26. The van der Waals surface area contributed by atoms with Gasteiger partial charge in [0.1, 0.15) is 0 Å². The lowest BCUT2D eigenvalue weighted by molar-refractivity contribution is 0.660. The Morgan fingerprint density at radius 2 is 0.822 bits per heavy atom. The van der Waals surface area contributed by atoms with Crippen LogP contribution >= 0.6 is 22.7 Å². The van der Waals surface area contributed by atoms with Gasteiger partial charge in [-0.15, -0.1) is 22.7 Å². The van der Waals surface area contributed by atoms with Crippen molar-refractivity contribution in [1.29, 1.82) is 0 Å². The average Bonchev–Trinajstić information content (AvgIpc) is 4.17. The zero-order chi connectivity index (χ0) is 48.4. The predicted octanol–water partition coefficient (Wildman–Crippen LogP) is 19.9. The SMILES string of the molecule is CC1(C)c2cc(-c3cccc4c3sc3ccccc34)ccc2-c2ccc(N(c3ccc(-c4ccc5sc6ccccc6c5c4)cc3)c3ccc4c(c3)-c3ccccc3C4(c3ccccc3)c3ccccc3)cc21. The van der Waals surface area contributed by atoms with E-state index in [4.69, 9.17) is 0 Å². The van der Waals surface area contributed by atoms with Crippen LogP contribution in [0.25, 0.3) is 84.9 Å².